The summed E-state index contributed by atoms with van der Waals surface area (Å²) in [6.45, 7) is 6.36. The molecule has 1 aromatic carbocycles. The number of benzene rings is 1. The topological polar surface area (TPSA) is 48.0 Å². The quantitative estimate of drug-likeness (QED) is 0.802. The molecule has 0 spiro atoms. The number of likely N-dealkylation sites (tertiary alicyclic amines) is 1. The van der Waals surface area contributed by atoms with Crippen LogP contribution in [0.3, 0.4) is 0 Å². The van der Waals surface area contributed by atoms with Crippen LogP contribution in [0.2, 0.25) is 0 Å². The zero-order chi connectivity index (χ0) is 18.7. The van der Waals surface area contributed by atoms with Gasteiger partial charge in [0.25, 0.3) is 0 Å². The molecular formula is C17H22F3NO4. The van der Waals surface area contributed by atoms with E-state index in [1.165, 1.54) is 24.3 Å². The van der Waals surface area contributed by atoms with Gasteiger partial charge in [0.1, 0.15) is 23.2 Å². The summed E-state index contributed by atoms with van der Waals surface area (Å²) >= 11 is 0. The van der Waals surface area contributed by atoms with Gasteiger partial charge >= 0.3 is 12.5 Å². The van der Waals surface area contributed by atoms with E-state index in [0.717, 1.165) is 12.8 Å². The van der Waals surface area contributed by atoms with E-state index in [1.807, 2.05) is 0 Å². The highest BCUT2D eigenvalue weighted by Gasteiger charge is 2.31. The second kappa shape index (κ2) is 7.41. The number of hydrogen-bond donors (Lipinski definition) is 0. The molecule has 2 rings (SSSR count). The molecule has 1 aliphatic rings. The van der Waals surface area contributed by atoms with Crippen LogP contribution in [0.25, 0.3) is 0 Å². The Balaban J connectivity index is 1.91. The smallest absolute Gasteiger partial charge is 0.489 e. The van der Waals surface area contributed by atoms with Crippen LogP contribution in [-0.4, -0.2) is 42.2 Å². The van der Waals surface area contributed by atoms with Crippen LogP contribution in [0.1, 0.15) is 33.6 Å². The van der Waals surface area contributed by atoms with Gasteiger partial charge < -0.3 is 19.1 Å². The minimum absolute atomic E-state index is 0.240. The summed E-state index contributed by atoms with van der Waals surface area (Å²) in [5.41, 5.74) is -0.570. The van der Waals surface area contributed by atoms with Crippen LogP contribution >= 0.6 is 0 Å². The summed E-state index contributed by atoms with van der Waals surface area (Å²) in [7, 11) is 0. The van der Waals surface area contributed by atoms with Crippen molar-refractivity contribution in [2.45, 2.75) is 51.7 Å². The van der Waals surface area contributed by atoms with Gasteiger partial charge in [-0.15, -0.1) is 13.2 Å². The van der Waals surface area contributed by atoms with Crippen molar-refractivity contribution in [3.63, 3.8) is 0 Å². The molecule has 0 radical (unpaired) electrons. The van der Waals surface area contributed by atoms with E-state index in [9.17, 15) is 18.0 Å². The minimum atomic E-state index is -4.72. The van der Waals surface area contributed by atoms with Crippen LogP contribution in [-0.2, 0) is 4.74 Å². The van der Waals surface area contributed by atoms with Crippen molar-refractivity contribution >= 4 is 6.09 Å². The second-order valence-corrected chi connectivity index (χ2v) is 6.83. The fourth-order valence-corrected chi connectivity index (χ4v) is 2.44. The summed E-state index contributed by atoms with van der Waals surface area (Å²) in [6, 6.07) is 5.20. The molecule has 1 amide bonds. The van der Waals surface area contributed by atoms with Crippen LogP contribution in [0, 0.1) is 0 Å². The normalized spacial score (nSPS) is 18.6. The molecule has 5 nitrogen and oxygen atoms in total. The average Bonchev–Trinajstić information content (AvgIpc) is 2.46. The lowest BCUT2D eigenvalue weighted by Crippen LogP contribution is -2.46. The largest absolute Gasteiger partial charge is 0.573 e. The average molecular weight is 361 g/mol. The van der Waals surface area contributed by atoms with Gasteiger partial charge in [-0.2, -0.15) is 0 Å². The van der Waals surface area contributed by atoms with E-state index in [-0.39, 0.29) is 11.9 Å². The number of rotatable bonds is 3. The molecule has 0 aromatic heterocycles. The number of carbonyl (C=O) groups is 1. The molecule has 1 saturated heterocycles. The second-order valence-electron chi connectivity index (χ2n) is 6.83. The molecule has 1 atom stereocenters. The number of carbonyl (C=O) groups excluding carboxylic acids is 1. The Morgan fingerprint density at radius 2 is 1.72 bits per heavy atom. The highest BCUT2D eigenvalue weighted by atomic mass is 19.4. The number of amides is 1. The molecule has 0 aliphatic carbocycles. The highest BCUT2D eigenvalue weighted by Crippen LogP contribution is 2.26. The summed E-state index contributed by atoms with van der Waals surface area (Å²) in [5, 5.41) is 0. The van der Waals surface area contributed by atoms with Gasteiger partial charge in [0.2, 0.25) is 0 Å². The van der Waals surface area contributed by atoms with Crippen molar-refractivity contribution in [1.29, 1.82) is 0 Å². The predicted molar refractivity (Wildman–Crippen MR) is 84.6 cm³/mol. The van der Waals surface area contributed by atoms with E-state index in [0.29, 0.717) is 18.8 Å². The van der Waals surface area contributed by atoms with Crippen LogP contribution < -0.4 is 9.47 Å². The van der Waals surface area contributed by atoms with E-state index < -0.39 is 18.1 Å². The lowest BCUT2D eigenvalue weighted by atomic mass is 10.1. The monoisotopic (exact) mass is 361 g/mol. The molecule has 25 heavy (non-hydrogen) atoms. The fraction of sp³-hybridized carbons (Fsp3) is 0.588. The molecule has 0 bridgehead atoms. The van der Waals surface area contributed by atoms with E-state index >= 15 is 0 Å². The standard InChI is InChI=1S/C17H22F3NO4/c1-16(2,3)25-15(22)21-10-4-5-14(11-21)23-12-6-8-13(9-7-12)24-17(18,19)20/h6-9,14H,4-5,10-11H2,1-3H3/t14-/m0/s1. The molecule has 0 N–H and O–H groups in total. The maximum absolute atomic E-state index is 12.1. The van der Waals surface area contributed by atoms with Crippen molar-refractivity contribution in [2.24, 2.45) is 0 Å². The van der Waals surface area contributed by atoms with Gasteiger partial charge in [-0.25, -0.2) is 4.79 Å². The number of piperidine rings is 1. The molecule has 140 valence electrons. The van der Waals surface area contributed by atoms with E-state index in [2.05, 4.69) is 4.74 Å². The zero-order valence-corrected chi connectivity index (χ0v) is 14.4. The maximum Gasteiger partial charge on any atom is 0.573 e. The first-order valence-electron chi connectivity index (χ1n) is 8.02. The Kier molecular flexibility index (Phi) is 5.69. The molecule has 1 fully saturated rings. The molecule has 1 heterocycles. The third-order valence-corrected chi connectivity index (χ3v) is 3.39. The van der Waals surface area contributed by atoms with Crippen molar-refractivity contribution in [2.75, 3.05) is 13.1 Å². The Labute approximate surface area is 144 Å². The SMILES string of the molecule is CC(C)(C)OC(=O)N1CCC[C@H](Oc2ccc(OC(F)(F)F)cc2)C1. The number of halogens is 3. The van der Waals surface area contributed by atoms with Gasteiger partial charge in [0.15, 0.2) is 0 Å². The Bertz CT molecular complexity index is 581. The van der Waals surface area contributed by atoms with Gasteiger partial charge in [-0.3, -0.25) is 0 Å². The number of alkyl halides is 3. The summed E-state index contributed by atoms with van der Waals surface area (Å²) in [4.78, 5) is 13.7. The van der Waals surface area contributed by atoms with Crippen molar-refractivity contribution in [1.82, 2.24) is 4.90 Å². The third kappa shape index (κ3) is 6.72. The number of nitrogens with zero attached hydrogens (tertiary/aromatic N) is 1. The maximum atomic E-state index is 12.1. The Morgan fingerprint density at radius 1 is 1.12 bits per heavy atom. The number of ether oxygens (including phenoxy) is 3. The molecule has 1 aliphatic heterocycles. The molecule has 0 saturated carbocycles. The lowest BCUT2D eigenvalue weighted by molar-refractivity contribution is -0.274. The van der Waals surface area contributed by atoms with E-state index in [4.69, 9.17) is 9.47 Å². The first-order chi connectivity index (χ1) is 11.5. The van der Waals surface area contributed by atoms with Gasteiger partial charge in [0, 0.05) is 6.54 Å². The van der Waals surface area contributed by atoms with Crippen LogP contribution in [0.4, 0.5) is 18.0 Å². The number of hydrogen-bond acceptors (Lipinski definition) is 4. The summed E-state index contributed by atoms with van der Waals surface area (Å²) < 4.78 is 51.4. The molecule has 0 unspecified atom stereocenters. The fourth-order valence-electron chi connectivity index (χ4n) is 2.44. The molecule has 8 heteroatoms. The van der Waals surface area contributed by atoms with Gasteiger partial charge in [-0.05, 0) is 57.9 Å². The van der Waals surface area contributed by atoms with Crippen LogP contribution in [0.15, 0.2) is 24.3 Å². The third-order valence-electron chi connectivity index (χ3n) is 3.39. The van der Waals surface area contributed by atoms with Crippen molar-refractivity contribution in [3.8, 4) is 11.5 Å². The zero-order valence-electron chi connectivity index (χ0n) is 14.4. The first kappa shape index (κ1) is 19.2. The summed E-state index contributed by atoms with van der Waals surface area (Å²) in [5.74, 6) is 0.115. The lowest BCUT2D eigenvalue weighted by Gasteiger charge is -2.34. The van der Waals surface area contributed by atoms with Crippen molar-refractivity contribution < 1.29 is 32.2 Å². The van der Waals surface area contributed by atoms with Gasteiger partial charge in [-0.1, -0.05) is 0 Å². The Morgan fingerprint density at radius 3 is 2.28 bits per heavy atom. The Hall–Kier alpha value is -2.12. The van der Waals surface area contributed by atoms with Gasteiger partial charge in [0.05, 0.1) is 6.54 Å². The highest BCUT2D eigenvalue weighted by molar-refractivity contribution is 5.68. The minimum Gasteiger partial charge on any atom is -0.489 e. The molecular weight excluding hydrogens is 339 g/mol. The first-order valence-corrected chi connectivity index (χ1v) is 8.02. The summed E-state index contributed by atoms with van der Waals surface area (Å²) in [6.07, 6.45) is -3.84. The van der Waals surface area contributed by atoms with Crippen LogP contribution in [0.5, 0.6) is 11.5 Å². The predicted octanol–water partition coefficient (Wildman–Crippen LogP) is 4.36. The van der Waals surface area contributed by atoms with Crippen molar-refractivity contribution in [3.05, 3.63) is 24.3 Å². The van der Waals surface area contributed by atoms with E-state index in [1.54, 1.807) is 25.7 Å². The molecule has 1 aromatic rings.